The van der Waals surface area contributed by atoms with E-state index in [9.17, 15) is 15.0 Å². The summed E-state index contributed by atoms with van der Waals surface area (Å²) in [5.41, 5.74) is 2.29. The van der Waals surface area contributed by atoms with Crippen molar-refractivity contribution in [3.8, 4) is 5.75 Å². The lowest BCUT2D eigenvalue weighted by Gasteiger charge is -2.19. The molecule has 0 aliphatic heterocycles. The van der Waals surface area contributed by atoms with Gasteiger partial charge in [0.2, 0.25) is 0 Å². The number of rotatable bonds is 7. The van der Waals surface area contributed by atoms with Crippen LogP contribution < -0.4 is 0 Å². The van der Waals surface area contributed by atoms with E-state index in [0.29, 0.717) is 34.8 Å². The van der Waals surface area contributed by atoms with E-state index < -0.39 is 6.10 Å². The number of hydrogen-bond acceptors (Lipinski definition) is 4. The number of benzene rings is 1. The molecule has 4 nitrogen and oxygen atoms in total. The fourth-order valence-corrected chi connectivity index (χ4v) is 2.67. The van der Waals surface area contributed by atoms with Gasteiger partial charge in [-0.3, -0.25) is 4.79 Å². The monoisotopic (exact) mass is 356 g/mol. The highest BCUT2D eigenvalue weighted by molar-refractivity contribution is 6.31. The van der Waals surface area contributed by atoms with E-state index in [1.165, 1.54) is 5.57 Å². The highest BCUT2D eigenvalue weighted by Crippen LogP contribution is 2.36. The summed E-state index contributed by atoms with van der Waals surface area (Å²) >= 11 is 6.08. The van der Waals surface area contributed by atoms with Gasteiger partial charge in [0, 0.05) is 17.7 Å². The fourth-order valence-electron chi connectivity index (χ4n) is 2.46. The molecular formula is C19H29ClO4. The zero-order valence-corrected chi connectivity index (χ0v) is 15.9. The zero-order valence-electron chi connectivity index (χ0n) is 15.1. The molecule has 0 aliphatic carbocycles. The summed E-state index contributed by atoms with van der Waals surface area (Å²) in [5.74, 6) is 0.130. The van der Waals surface area contributed by atoms with Gasteiger partial charge in [-0.25, -0.2) is 0 Å². The molecule has 0 aliphatic rings. The third-order valence-corrected chi connectivity index (χ3v) is 4.28. The lowest BCUT2D eigenvalue weighted by Crippen LogP contribution is -2.06. The van der Waals surface area contributed by atoms with Gasteiger partial charge in [0.25, 0.3) is 0 Å². The number of carbonyl (C=O) groups is 1. The first-order chi connectivity index (χ1) is 11.3. The normalized spacial score (nSPS) is 12.7. The molecule has 0 heterocycles. The van der Waals surface area contributed by atoms with Gasteiger partial charge < -0.3 is 15.3 Å². The summed E-state index contributed by atoms with van der Waals surface area (Å²) < 4.78 is 0. The Hall–Kier alpha value is -1.36. The minimum Gasteiger partial charge on any atom is -0.507 e. The zero-order chi connectivity index (χ0) is 18.9. The summed E-state index contributed by atoms with van der Waals surface area (Å²) in [6, 6.07) is 1.55. The molecule has 0 radical (unpaired) electrons. The molecule has 0 spiro atoms. The summed E-state index contributed by atoms with van der Waals surface area (Å²) in [6.45, 7) is 7.86. The number of aliphatic hydroxyl groups excluding tert-OH is 2. The Morgan fingerprint density at radius 3 is 2.42 bits per heavy atom. The molecule has 0 aromatic heterocycles. The number of halogens is 1. The number of aliphatic hydroxyl groups is 2. The fraction of sp³-hybridized carbons (Fsp3) is 0.526. The molecule has 0 saturated heterocycles. The van der Waals surface area contributed by atoms with E-state index in [1.54, 1.807) is 13.0 Å². The van der Waals surface area contributed by atoms with Crippen LogP contribution in [0.25, 0.3) is 0 Å². The first kappa shape index (κ1) is 22.6. The van der Waals surface area contributed by atoms with Crippen LogP contribution in [0.15, 0.2) is 17.7 Å². The lowest BCUT2D eigenvalue weighted by molar-refractivity contribution is 0.111. The van der Waals surface area contributed by atoms with Crippen LogP contribution >= 0.6 is 11.6 Å². The molecule has 2 unspecified atom stereocenters. The predicted octanol–water partition coefficient (Wildman–Crippen LogP) is 4.58. The molecular weight excluding hydrogens is 328 g/mol. The van der Waals surface area contributed by atoms with Gasteiger partial charge in [-0.05, 0) is 57.6 Å². The van der Waals surface area contributed by atoms with E-state index in [2.05, 4.69) is 26.8 Å². The Kier molecular flexibility index (Phi) is 10.6. The van der Waals surface area contributed by atoms with Gasteiger partial charge in [0.05, 0.1) is 11.7 Å². The second-order valence-electron chi connectivity index (χ2n) is 6.17. The van der Waals surface area contributed by atoms with Crippen molar-refractivity contribution in [3.63, 3.8) is 0 Å². The van der Waals surface area contributed by atoms with Crippen LogP contribution in [-0.4, -0.2) is 28.7 Å². The SMILES string of the molecule is CC(C)=CCCC(C)CC(O)c1cc(Cl)c(C)c(C=O)c1O.CO. The van der Waals surface area contributed by atoms with E-state index in [0.717, 1.165) is 20.0 Å². The van der Waals surface area contributed by atoms with Crippen molar-refractivity contribution in [2.24, 2.45) is 5.92 Å². The van der Waals surface area contributed by atoms with Crippen molar-refractivity contribution in [1.29, 1.82) is 0 Å². The predicted molar refractivity (Wildman–Crippen MR) is 98.8 cm³/mol. The Morgan fingerprint density at radius 1 is 1.33 bits per heavy atom. The van der Waals surface area contributed by atoms with E-state index in [-0.39, 0.29) is 11.3 Å². The second kappa shape index (κ2) is 11.2. The smallest absolute Gasteiger partial charge is 0.154 e. The first-order valence-corrected chi connectivity index (χ1v) is 8.39. The lowest BCUT2D eigenvalue weighted by atomic mass is 9.92. The molecule has 136 valence electrons. The number of aldehydes is 1. The van der Waals surface area contributed by atoms with Crippen LogP contribution in [0.3, 0.4) is 0 Å². The third kappa shape index (κ3) is 6.63. The molecule has 1 aromatic carbocycles. The Morgan fingerprint density at radius 2 is 1.92 bits per heavy atom. The van der Waals surface area contributed by atoms with Crippen molar-refractivity contribution in [2.45, 2.75) is 53.1 Å². The average Bonchev–Trinajstić information content (AvgIpc) is 2.53. The molecule has 0 bridgehead atoms. The van der Waals surface area contributed by atoms with Gasteiger partial charge in [-0.1, -0.05) is 30.2 Å². The van der Waals surface area contributed by atoms with Gasteiger partial charge in [0.15, 0.2) is 6.29 Å². The third-order valence-electron chi connectivity index (χ3n) is 3.89. The molecule has 0 saturated carbocycles. The number of phenols is 1. The maximum absolute atomic E-state index is 11.1. The summed E-state index contributed by atoms with van der Waals surface area (Å²) in [7, 11) is 1.00. The van der Waals surface area contributed by atoms with Crippen LogP contribution in [-0.2, 0) is 0 Å². The topological polar surface area (TPSA) is 77.8 Å². The minimum atomic E-state index is -0.835. The van der Waals surface area contributed by atoms with Crippen LogP contribution in [0.1, 0.15) is 67.6 Å². The van der Waals surface area contributed by atoms with Crippen LogP contribution in [0.5, 0.6) is 5.75 Å². The van der Waals surface area contributed by atoms with Gasteiger partial charge in [-0.2, -0.15) is 0 Å². The highest BCUT2D eigenvalue weighted by atomic mass is 35.5. The molecule has 1 aromatic rings. The summed E-state index contributed by atoms with van der Waals surface area (Å²) in [6.07, 6.45) is 4.36. The molecule has 24 heavy (non-hydrogen) atoms. The van der Waals surface area contributed by atoms with Crippen LogP contribution in [0.4, 0.5) is 0 Å². The highest BCUT2D eigenvalue weighted by Gasteiger charge is 2.20. The van der Waals surface area contributed by atoms with Crippen LogP contribution in [0.2, 0.25) is 5.02 Å². The maximum Gasteiger partial charge on any atom is 0.154 e. The van der Waals surface area contributed by atoms with Crippen molar-refractivity contribution >= 4 is 17.9 Å². The molecule has 1 rings (SSSR count). The van der Waals surface area contributed by atoms with Crippen molar-refractivity contribution in [1.82, 2.24) is 0 Å². The van der Waals surface area contributed by atoms with Crippen molar-refractivity contribution in [2.75, 3.05) is 7.11 Å². The summed E-state index contributed by atoms with van der Waals surface area (Å²) in [4.78, 5) is 11.1. The molecule has 0 amide bonds. The van der Waals surface area contributed by atoms with E-state index >= 15 is 0 Å². The first-order valence-electron chi connectivity index (χ1n) is 8.01. The largest absolute Gasteiger partial charge is 0.507 e. The minimum absolute atomic E-state index is 0.152. The Bertz CT molecular complexity index is 563. The summed E-state index contributed by atoms with van der Waals surface area (Å²) in [5, 5.41) is 27.9. The van der Waals surface area contributed by atoms with Crippen molar-refractivity contribution < 1.29 is 20.1 Å². The second-order valence-corrected chi connectivity index (χ2v) is 6.58. The molecule has 3 N–H and O–H groups in total. The average molecular weight is 357 g/mol. The van der Waals surface area contributed by atoms with Crippen LogP contribution in [0, 0.1) is 12.8 Å². The number of aromatic hydroxyl groups is 1. The van der Waals surface area contributed by atoms with Crippen molar-refractivity contribution in [3.05, 3.63) is 39.4 Å². The van der Waals surface area contributed by atoms with Gasteiger partial charge in [0.1, 0.15) is 5.75 Å². The number of carbonyl (C=O) groups excluding carboxylic acids is 1. The molecule has 5 heteroatoms. The van der Waals surface area contributed by atoms with Gasteiger partial charge in [-0.15, -0.1) is 0 Å². The number of phenolic OH excluding ortho intramolecular Hbond substituents is 1. The van der Waals surface area contributed by atoms with Gasteiger partial charge >= 0.3 is 0 Å². The maximum atomic E-state index is 11.1. The number of allylic oxidation sites excluding steroid dienone is 2. The molecule has 0 fully saturated rings. The molecule has 2 atom stereocenters. The standard InChI is InChI=1S/C18H25ClO3.CH4O/c1-11(2)6-5-7-12(3)8-17(21)14-9-16(19)13(4)15(10-20)18(14)22;1-2/h6,9-10,12,17,21-22H,5,7-8H2,1-4H3;2H,1H3. The van der Waals surface area contributed by atoms with E-state index in [1.807, 2.05) is 0 Å². The Labute approximate surface area is 149 Å². The Balaban J connectivity index is 0.00000254. The van der Waals surface area contributed by atoms with E-state index in [4.69, 9.17) is 16.7 Å². The number of hydrogen-bond donors (Lipinski definition) is 3. The quantitative estimate of drug-likeness (QED) is 0.493.